The molecule has 152 valence electrons. The summed E-state index contributed by atoms with van der Waals surface area (Å²) in [6.07, 6.45) is 5.67. The number of likely N-dealkylation sites (tertiary alicyclic amines) is 1. The lowest BCUT2D eigenvalue weighted by Crippen LogP contribution is -2.45. The summed E-state index contributed by atoms with van der Waals surface area (Å²) in [6, 6.07) is 8.97. The van der Waals surface area contributed by atoms with Crippen LogP contribution in [-0.2, 0) is 4.79 Å². The molecule has 6 heteroatoms. The number of ether oxygens (including phenoxy) is 1. The van der Waals surface area contributed by atoms with E-state index in [4.69, 9.17) is 4.74 Å². The second-order valence-corrected chi connectivity index (χ2v) is 7.71. The normalized spacial score (nSPS) is 24.5. The van der Waals surface area contributed by atoms with Crippen molar-refractivity contribution in [2.24, 2.45) is 5.92 Å². The van der Waals surface area contributed by atoms with Crippen molar-refractivity contribution in [2.45, 2.75) is 51.1 Å². The van der Waals surface area contributed by atoms with Gasteiger partial charge in [0.25, 0.3) is 0 Å². The summed E-state index contributed by atoms with van der Waals surface area (Å²) in [5.41, 5.74) is 1.26. The van der Waals surface area contributed by atoms with Crippen molar-refractivity contribution in [2.75, 3.05) is 33.3 Å². The maximum atomic E-state index is 12.7. The predicted molar refractivity (Wildman–Crippen MR) is 112 cm³/mol. The summed E-state index contributed by atoms with van der Waals surface area (Å²) in [7, 11) is 1.69. The maximum Gasteiger partial charge on any atom is 0.223 e. The molecule has 5 nitrogen and oxygen atoms in total. The number of carbonyl (C=O) groups excluding carboxylic acids is 1. The summed E-state index contributed by atoms with van der Waals surface area (Å²) in [6.45, 7) is 6.00. The number of amides is 1. The van der Waals surface area contributed by atoms with Gasteiger partial charge in [-0.15, -0.1) is 12.4 Å². The zero-order valence-electron chi connectivity index (χ0n) is 16.6. The van der Waals surface area contributed by atoms with Crippen molar-refractivity contribution in [3.05, 3.63) is 29.8 Å². The van der Waals surface area contributed by atoms with Gasteiger partial charge in [-0.25, -0.2) is 0 Å². The number of rotatable bonds is 6. The third kappa shape index (κ3) is 6.09. The number of nitrogens with one attached hydrogen (secondary N) is 2. The van der Waals surface area contributed by atoms with Crippen LogP contribution in [0.2, 0.25) is 0 Å². The van der Waals surface area contributed by atoms with E-state index in [2.05, 4.69) is 34.6 Å². The van der Waals surface area contributed by atoms with E-state index in [-0.39, 0.29) is 30.3 Å². The number of carbonyl (C=O) groups is 1. The summed E-state index contributed by atoms with van der Waals surface area (Å²) >= 11 is 0. The molecule has 3 rings (SSSR count). The monoisotopic (exact) mass is 395 g/mol. The molecule has 0 saturated carbocycles. The fourth-order valence-electron chi connectivity index (χ4n) is 4.23. The first-order valence-corrected chi connectivity index (χ1v) is 10.1. The Bertz CT molecular complexity index is 575. The Kier molecular flexibility index (Phi) is 8.87. The molecule has 27 heavy (non-hydrogen) atoms. The Morgan fingerprint density at radius 3 is 2.59 bits per heavy atom. The first-order valence-electron chi connectivity index (χ1n) is 10.1. The number of nitrogens with zero attached hydrogens (tertiary/aromatic N) is 1. The Hall–Kier alpha value is -1.30. The molecule has 0 bridgehead atoms. The smallest absolute Gasteiger partial charge is 0.223 e. The van der Waals surface area contributed by atoms with Crippen molar-refractivity contribution in [1.82, 2.24) is 15.5 Å². The molecule has 1 unspecified atom stereocenters. The average molecular weight is 396 g/mol. The van der Waals surface area contributed by atoms with E-state index in [0.717, 1.165) is 38.2 Å². The summed E-state index contributed by atoms with van der Waals surface area (Å²) in [4.78, 5) is 15.2. The van der Waals surface area contributed by atoms with Crippen LogP contribution >= 0.6 is 12.4 Å². The van der Waals surface area contributed by atoms with Crippen molar-refractivity contribution in [3.8, 4) is 5.75 Å². The zero-order chi connectivity index (χ0) is 18.4. The van der Waals surface area contributed by atoms with E-state index in [1.165, 1.54) is 24.8 Å². The van der Waals surface area contributed by atoms with E-state index in [1.807, 2.05) is 12.1 Å². The quantitative estimate of drug-likeness (QED) is 0.776. The minimum atomic E-state index is 0. The molecule has 2 N–H and O–H groups in total. The highest BCUT2D eigenvalue weighted by Crippen LogP contribution is 2.26. The predicted octanol–water partition coefficient (Wildman–Crippen LogP) is 3.15. The maximum absolute atomic E-state index is 12.7. The molecule has 2 heterocycles. The standard InChI is InChI=1S/C21H33N3O2.ClH/c1-16-14-18(10-11-22-16)21(25)23-15-20(24-12-4-3-5-13-24)17-6-8-19(26-2)9-7-17;/h6-9,16,18,20,22H,3-5,10-15H2,1-2H3,(H,23,25);1H/t16-,18-,20?;/m0./s1. The SMILES string of the molecule is COc1ccc(C(CNC(=O)[C@H]2CCN[C@@H](C)C2)N2CCCCC2)cc1.Cl. The minimum absolute atomic E-state index is 0. The van der Waals surface area contributed by atoms with Crippen LogP contribution in [0.25, 0.3) is 0 Å². The first kappa shape index (κ1) is 22.0. The number of halogens is 1. The zero-order valence-corrected chi connectivity index (χ0v) is 17.4. The van der Waals surface area contributed by atoms with Crippen LogP contribution in [0.1, 0.15) is 50.6 Å². The van der Waals surface area contributed by atoms with E-state index in [9.17, 15) is 4.79 Å². The van der Waals surface area contributed by atoms with Gasteiger partial charge in [0.2, 0.25) is 5.91 Å². The Balaban J connectivity index is 0.00000261. The van der Waals surface area contributed by atoms with Crippen LogP contribution in [-0.4, -0.2) is 50.1 Å². The van der Waals surface area contributed by atoms with Crippen molar-refractivity contribution in [3.63, 3.8) is 0 Å². The lowest BCUT2D eigenvalue weighted by molar-refractivity contribution is -0.126. The number of hydrogen-bond donors (Lipinski definition) is 2. The van der Waals surface area contributed by atoms with Crippen LogP contribution in [0, 0.1) is 5.92 Å². The Morgan fingerprint density at radius 2 is 1.96 bits per heavy atom. The molecule has 3 atom stereocenters. The molecule has 1 aromatic rings. The molecule has 2 saturated heterocycles. The topological polar surface area (TPSA) is 53.6 Å². The van der Waals surface area contributed by atoms with Gasteiger partial charge in [0, 0.05) is 18.5 Å². The fraction of sp³-hybridized carbons (Fsp3) is 0.667. The molecule has 1 aromatic carbocycles. The lowest BCUT2D eigenvalue weighted by atomic mass is 9.92. The lowest BCUT2D eigenvalue weighted by Gasteiger charge is -2.35. The molecule has 0 aromatic heterocycles. The van der Waals surface area contributed by atoms with Gasteiger partial charge in [-0.05, 0) is 69.9 Å². The van der Waals surface area contributed by atoms with Gasteiger partial charge in [-0.2, -0.15) is 0 Å². The highest BCUT2D eigenvalue weighted by atomic mass is 35.5. The van der Waals surface area contributed by atoms with Gasteiger partial charge in [-0.1, -0.05) is 18.6 Å². The minimum Gasteiger partial charge on any atom is -0.497 e. The third-order valence-corrected chi connectivity index (χ3v) is 5.80. The van der Waals surface area contributed by atoms with Crippen LogP contribution in [0.4, 0.5) is 0 Å². The Labute approximate surface area is 169 Å². The van der Waals surface area contributed by atoms with Gasteiger partial charge >= 0.3 is 0 Å². The van der Waals surface area contributed by atoms with E-state index < -0.39 is 0 Å². The second-order valence-electron chi connectivity index (χ2n) is 7.71. The van der Waals surface area contributed by atoms with E-state index in [1.54, 1.807) is 7.11 Å². The third-order valence-electron chi connectivity index (χ3n) is 5.80. The van der Waals surface area contributed by atoms with Crippen LogP contribution in [0.5, 0.6) is 5.75 Å². The average Bonchev–Trinajstić information content (AvgIpc) is 2.69. The van der Waals surface area contributed by atoms with Gasteiger partial charge in [0.1, 0.15) is 5.75 Å². The van der Waals surface area contributed by atoms with E-state index >= 15 is 0 Å². The second kappa shape index (κ2) is 10.9. The summed E-state index contributed by atoms with van der Waals surface area (Å²) in [5, 5.41) is 6.68. The number of piperidine rings is 2. The van der Waals surface area contributed by atoms with Gasteiger partial charge in [-0.3, -0.25) is 9.69 Å². The molecule has 1 amide bonds. The molecule has 2 fully saturated rings. The van der Waals surface area contributed by atoms with Crippen molar-refractivity contribution >= 4 is 18.3 Å². The molecular weight excluding hydrogens is 362 g/mol. The van der Waals surface area contributed by atoms with Crippen molar-refractivity contribution in [1.29, 1.82) is 0 Å². The van der Waals surface area contributed by atoms with E-state index in [0.29, 0.717) is 12.6 Å². The van der Waals surface area contributed by atoms with Crippen molar-refractivity contribution < 1.29 is 9.53 Å². The van der Waals surface area contributed by atoms with Crippen LogP contribution < -0.4 is 15.4 Å². The molecule has 0 spiro atoms. The van der Waals surface area contributed by atoms with Gasteiger partial charge in [0.05, 0.1) is 13.2 Å². The molecule has 2 aliphatic heterocycles. The summed E-state index contributed by atoms with van der Waals surface area (Å²) < 4.78 is 5.29. The largest absolute Gasteiger partial charge is 0.497 e. The molecule has 2 aliphatic rings. The highest BCUT2D eigenvalue weighted by molar-refractivity contribution is 5.85. The van der Waals surface area contributed by atoms with Gasteiger partial charge in [0.15, 0.2) is 0 Å². The van der Waals surface area contributed by atoms with Crippen LogP contribution in [0.15, 0.2) is 24.3 Å². The molecular formula is C21H34ClN3O2. The number of benzene rings is 1. The summed E-state index contributed by atoms with van der Waals surface area (Å²) in [5.74, 6) is 1.23. The number of methoxy groups -OCH3 is 1. The first-order chi connectivity index (χ1) is 12.7. The highest BCUT2D eigenvalue weighted by Gasteiger charge is 2.27. The van der Waals surface area contributed by atoms with Gasteiger partial charge < -0.3 is 15.4 Å². The molecule has 0 aliphatic carbocycles. The molecule has 0 radical (unpaired) electrons. The fourth-order valence-corrected chi connectivity index (χ4v) is 4.23. The van der Waals surface area contributed by atoms with Crippen LogP contribution in [0.3, 0.4) is 0 Å². The Morgan fingerprint density at radius 1 is 1.26 bits per heavy atom. The number of hydrogen-bond acceptors (Lipinski definition) is 4.